The highest BCUT2D eigenvalue weighted by Gasteiger charge is 2.40. The molecule has 2 fully saturated rings. The first-order chi connectivity index (χ1) is 21.0. The SMILES string of the molecule is O=C1N[C@@H](Cc2ccccc2)C(=O)N2CCC[C@@H]2C(O)N[C@H](Cc2ccccc2)C(=O)N[C@@H]1Cc1c[nH]c2ccccc12. The molecule has 1 aromatic heterocycles. The second-order valence-electron chi connectivity index (χ2n) is 11.5. The summed E-state index contributed by atoms with van der Waals surface area (Å²) in [5.41, 5.74) is 3.62. The smallest absolute Gasteiger partial charge is 0.245 e. The van der Waals surface area contributed by atoms with Crippen molar-refractivity contribution in [3.8, 4) is 0 Å². The molecule has 9 heteroatoms. The van der Waals surface area contributed by atoms with E-state index in [-0.39, 0.29) is 18.2 Å². The van der Waals surface area contributed by atoms with Gasteiger partial charge in [-0.2, -0.15) is 0 Å². The fraction of sp³-hybridized carbons (Fsp3) is 0.324. The average Bonchev–Trinajstić information content (AvgIpc) is 3.68. The highest BCUT2D eigenvalue weighted by molar-refractivity contribution is 5.94. The molecule has 3 aromatic carbocycles. The van der Waals surface area contributed by atoms with Crippen LogP contribution >= 0.6 is 0 Å². The van der Waals surface area contributed by atoms with Crippen LogP contribution in [0.4, 0.5) is 0 Å². The lowest BCUT2D eigenvalue weighted by Crippen LogP contribution is -2.63. The Morgan fingerprint density at radius 2 is 1.33 bits per heavy atom. The Balaban J connectivity index is 1.35. The van der Waals surface area contributed by atoms with Gasteiger partial charge in [0, 0.05) is 36.5 Å². The van der Waals surface area contributed by atoms with Crippen LogP contribution in [0.25, 0.3) is 10.9 Å². The zero-order valence-electron chi connectivity index (χ0n) is 23.9. The van der Waals surface area contributed by atoms with Crippen LogP contribution in [0, 0.1) is 0 Å². The molecule has 0 aliphatic carbocycles. The fourth-order valence-corrected chi connectivity index (χ4v) is 6.31. The summed E-state index contributed by atoms with van der Waals surface area (Å²) in [5.74, 6) is -1.06. The second kappa shape index (κ2) is 12.8. The van der Waals surface area contributed by atoms with Crippen LogP contribution in [0.3, 0.4) is 0 Å². The number of hydrogen-bond donors (Lipinski definition) is 5. The van der Waals surface area contributed by atoms with E-state index in [1.54, 1.807) is 4.90 Å². The molecule has 3 amide bonds. The Morgan fingerprint density at radius 1 is 0.721 bits per heavy atom. The molecule has 43 heavy (non-hydrogen) atoms. The van der Waals surface area contributed by atoms with Gasteiger partial charge in [-0.25, -0.2) is 0 Å². The minimum Gasteiger partial charge on any atom is -0.376 e. The topological polar surface area (TPSA) is 127 Å². The minimum atomic E-state index is -1.12. The van der Waals surface area contributed by atoms with Crippen LogP contribution < -0.4 is 16.0 Å². The molecule has 2 saturated heterocycles. The van der Waals surface area contributed by atoms with Gasteiger partial charge in [-0.1, -0.05) is 78.9 Å². The molecule has 0 saturated carbocycles. The number of aromatic amines is 1. The van der Waals surface area contributed by atoms with Gasteiger partial charge in [0.15, 0.2) is 0 Å². The molecule has 5 N–H and O–H groups in total. The van der Waals surface area contributed by atoms with Crippen molar-refractivity contribution in [1.82, 2.24) is 25.8 Å². The summed E-state index contributed by atoms with van der Waals surface area (Å²) < 4.78 is 0. The van der Waals surface area contributed by atoms with Crippen molar-refractivity contribution in [3.63, 3.8) is 0 Å². The predicted molar refractivity (Wildman–Crippen MR) is 164 cm³/mol. The van der Waals surface area contributed by atoms with Gasteiger partial charge >= 0.3 is 0 Å². The number of nitrogens with one attached hydrogen (secondary N) is 4. The van der Waals surface area contributed by atoms with Crippen molar-refractivity contribution in [1.29, 1.82) is 0 Å². The summed E-state index contributed by atoms with van der Waals surface area (Å²) in [6.45, 7) is 0.470. The predicted octanol–water partition coefficient (Wildman–Crippen LogP) is 2.45. The molecule has 2 aliphatic rings. The molecule has 0 radical (unpaired) electrons. The van der Waals surface area contributed by atoms with Gasteiger partial charge < -0.3 is 25.6 Å². The van der Waals surface area contributed by atoms with E-state index in [1.807, 2.05) is 91.1 Å². The average molecular weight is 580 g/mol. The summed E-state index contributed by atoms with van der Waals surface area (Å²) >= 11 is 0. The number of para-hydroxylation sites is 1. The van der Waals surface area contributed by atoms with E-state index in [1.165, 1.54) is 0 Å². The van der Waals surface area contributed by atoms with Crippen molar-refractivity contribution in [2.24, 2.45) is 0 Å². The maximum absolute atomic E-state index is 14.1. The minimum absolute atomic E-state index is 0.223. The summed E-state index contributed by atoms with van der Waals surface area (Å²) in [6, 6.07) is 23.7. The first-order valence-electron chi connectivity index (χ1n) is 14.9. The van der Waals surface area contributed by atoms with Gasteiger partial charge in [0.25, 0.3) is 0 Å². The van der Waals surface area contributed by atoms with Crippen LogP contribution in [-0.2, 0) is 33.6 Å². The van der Waals surface area contributed by atoms with Gasteiger partial charge in [0.05, 0.1) is 12.1 Å². The fourth-order valence-electron chi connectivity index (χ4n) is 6.31. The van der Waals surface area contributed by atoms with Crippen molar-refractivity contribution in [2.45, 2.75) is 62.5 Å². The third-order valence-electron chi connectivity index (χ3n) is 8.55. The first kappa shape index (κ1) is 28.6. The molecule has 222 valence electrons. The van der Waals surface area contributed by atoms with Crippen molar-refractivity contribution in [2.75, 3.05) is 6.54 Å². The molecule has 9 nitrogen and oxygen atoms in total. The molecule has 4 aromatic rings. The monoisotopic (exact) mass is 579 g/mol. The van der Waals surface area contributed by atoms with Gasteiger partial charge in [-0.3, -0.25) is 19.7 Å². The molecule has 2 aliphatic heterocycles. The second-order valence-corrected chi connectivity index (χ2v) is 11.5. The molecular formula is C34H37N5O4. The molecule has 1 unspecified atom stereocenters. The summed E-state index contributed by atoms with van der Waals surface area (Å²) in [5, 5.41) is 21.4. The molecule has 3 heterocycles. The number of aliphatic hydroxyl groups excluding tert-OH is 1. The number of H-pyrrole nitrogens is 1. The molecular weight excluding hydrogens is 542 g/mol. The Bertz CT molecular complexity index is 1570. The Morgan fingerprint density at radius 3 is 2.05 bits per heavy atom. The maximum Gasteiger partial charge on any atom is 0.245 e. The van der Waals surface area contributed by atoms with Crippen LogP contribution in [0.5, 0.6) is 0 Å². The van der Waals surface area contributed by atoms with Crippen LogP contribution in [0.1, 0.15) is 29.5 Å². The van der Waals surface area contributed by atoms with Gasteiger partial charge in [-0.15, -0.1) is 0 Å². The van der Waals surface area contributed by atoms with E-state index < -0.39 is 36.3 Å². The van der Waals surface area contributed by atoms with E-state index in [0.717, 1.165) is 34.0 Å². The molecule has 6 rings (SSSR count). The number of rotatable bonds is 6. The number of carbonyl (C=O) groups is 3. The summed E-state index contributed by atoms with van der Waals surface area (Å²) in [7, 11) is 0. The standard InChI is InChI=1S/C34H37N5O4/c40-31-27(18-22-10-3-1-4-11-22)37-33(42)30-16-9-17-39(30)34(43)29(19-23-12-5-2-6-13-23)38-32(41)28(36-31)20-24-21-35-26-15-8-7-14-25(24)26/h1-8,10-15,21,27-30,33,35,37,42H,9,16-20H2,(H,36,40)(H,38,41)/t27-,28-,29+,30-,33?/m1/s1. The quantitative estimate of drug-likeness (QED) is 0.240. The number of benzene rings is 3. The highest BCUT2D eigenvalue weighted by Crippen LogP contribution is 2.24. The normalized spacial score (nSPS) is 25.0. The Hall–Kier alpha value is -4.47. The number of fused-ring (bicyclic) bond motifs is 2. The van der Waals surface area contributed by atoms with E-state index >= 15 is 0 Å². The summed E-state index contributed by atoms with van der Waals surface area (Å²) in [4.78, 5) is 46.9. The number of amides is 3. The lowest BCUT2D eigenvalue weighted by atomic mass is 9.99. The van der Waals surface area contributed by atoms with Crippen molar-refractivity contribution >= 4 is 28.6 Å². The number of nitrogens with zero attached hydrogens (tertiary/aromatic N) is 1. The van der Waals surface area contributed by atoms with Crippen LogP contribution in [0.2, 0.25) is 0 Å². The third-order valence-corrected chi connectivity index (χ3v) is 8.55. The van der Waals surface area contributed by atoms with Gasteiger partial charge in [-0.05, 0) is 42.0 Å². The number of carbonyl (C=O) groups excluding carboxylic acids is 3. The van der Waals surface area contributed by atoms with E-state index in [2.05, 4.69) is 20.9 Å². The van der Waals surface area contributed by atoms with E-state index in [4.69, 9.17) is 0 Å². The zero-order valence-corrected chi connectivity index (χ0v) is 23.9. The number of aromatic nitrogens is 1. The Labute approximate surface area is 250 Å². The molecule has 0 spiro atoms. The summed E-state index contributed by atoms with van der Waals surface area (Å²) in [6.07, 6.45) is 2.87. The van der Waals surface area contributed by atoms with Crippen molar-refractivity contribution < 1.29 is 19.5 Å². The maximum atomic E-state index is 14.1. The first-order valence-corrected chi connectivity index (χ1v) is 14.9. The van der Waals surface area contributed by atoms with Gasteiger partial charge in [0.2, 0.25) is 17.7 Å². The lowest BCUT2D eigenvalue weighted by molar-refractivity contribution is -0.141. The number of hydrogen-bond acceptors (Lipinski definition) is 5. The molecule has 5 atom stereocenters. The van der Waals surface area contributed by atoms with Crippen LogP contribution in [0.15, 0.2) is 91.1 Å². The van der Waals surface area contributed by atoms with E-state index in [0.29, 0.717) is 25.8 Å². The van der Waals surface area contributed by atoms with E-state index in [9.17, 15) is 19.5 Å². The molecule has 0 bridgehead atoms. The third kappa shape index (κ3) is 6.48. The number of aliphatic hydroxyl groups is 1. The highest BCUT2D eigenvalue weighted by atomic mass is 16.3. The van der Waals surface area contributed by atoms with Crippen molar-refractivity contribution in [3.05, 3.63) is 108 Å². The van der Waals surface area contributed by atoms with Gasteiger partial charge in [0.1, 0.15) is 18.3 Å². The lowest BCUT2D eigenvalue weighted by Gasteiger charge is -2.35. The zero-order chi connectivity index (χ0) is 29.8. The Kier molecular flexibility index (Phi) is 8.53. The largest absolute Gasteiger partial charge is 0.376 e. The van der Waals surface area contributed by atoms with Crippen LogP contribution in [-0.4, -0.2) is 69.7 Å².